The zero-order valence-electron chi connectivity index (χ0n) is 26.7. The molecule has 0 radical (unpaired) electrons. The predicted octanol–water partition coefficient (Wildman–Crippen LogP) is 3.69. The maximum atomic E-state index is 12.3. The van der Waals surface area contributed by atoms with Crippen molar-refractivity contribution in [1.82, 2.24) is 30.6 Å². The van der Waals surface area contributed by atoms with E-state index in [-0.39, 0.29) is 29.7 Å². The van der Waals surface area contributed by atoms with E-state index in [1.54, 1.807) is 17.3 Å². The highest BCUT2D eigenvalue weighted by Gasteiger charge is 2.48. The van der Waals surface area contributed by atoms with Crippen molar-refractivity contribution < 1.29 is 14.3 Å². The molecule has 0 aliphatic carbocycles. The van der Waals surface area contributed by atoms with E-state index >= 15 is 0 Å². The lowest BCUT2D eigenvalue weighted by Gasteiger charge is -2.41. The molecule has 13 nitrogen and oxygen atoms in total. The van der Waals surface area contributed by atoms with Gasteiger partial charge in [-0.3, -0.25) is 9.88 Å². The van der Waals surface area contributed by atoms with Crippen molar-refractivity contribution in [3.8, 4) is 0 Å². The van der Waals surface area contributed by atoms with Gasteiger partial charge >= 0.3 is 6.09 Å². The molecule has 3 atom stereocenters. The molecule has 1 amide bonds. The number of nitrogens with one attached hydrogen (secondary N) is 3. The Hall–Kier alpha value is -3.91. The van der Waals surface area contributed by atoms with Gasteiger partial charge < -0.3 is 36.1 Å². The first-order valence-electron chi connectivity index (χ1n) is 15.8. The third-order valence-electron chi connectivity index (χ3n) is 8.14. The molecular weight excluding hydrogens is 572 g/mol. The fraction of sp³-hybridized carbons (Fsp3) is 0.531. The molecule has 242 valence electrons. The monoisotopic (exact) mass is 618 g/mol. The highest BCUT2D eigenvalue weighted by molar-refractivity contribution is 5.89. The van der Waals surface area contributed by atoms with Gasteiger partial charge in [0.25, 0.3) is 0 Å². The van der Waals surface area contributed by atoms with Crippen LogP contribution in [0.15, 0.2) is 48.9 Å². The molecule has 0 bridgehead atoms. The number of anilines is 5. The number of amides is 1. The lowest BCUT2D eigenvalue weighted by Crippen LogP contribution is -2.45. The van der Waals surface area contributed by atoms with Gasteiger partial charge in [0.15, 0.2) is 0 Å². The van der Waals surface area contributed by atoms with E-state index in [1.807, 2.05) is 50.5 Å². The van der Waals surface area contributed by atoms with E-state index in [4.69, 9.17) is 25.2 Å². The van der Waals surface area contributed by atoms with Gasteiger partial charge in [0, 0.05) is 43.0 Å². The number of fused-ring (bicyclic) bond motifs is 3. The van der Waals surface area contributed by atoms with Crippen LogP contribution in [0.25, 0.3) is 0 Å². The average molecular weight is 619 g/mol. The molecule has 5 N–H and O–H groups in total. The van der Waals surface area contributed by atoms with Gasteiger partial charge in [-0.2, -0.15) is 4.98 Å². The normalized spacial score (nSPS) is 22.8. The van der Waals surface area contributed by atoms with Crippen LogP contribution in [0.5, 0.6) is 0 Å². The average Bonchev–Trinajstić information content (AvgIpc) is 3.78. The fourth-order valence-electron chi connectivity index (χ4n) is 5.88. The standard InChI is InChI=1S/C25H27N7O3.C4H9N.C3H10N2/c1-15-13-34-24(33)31(15)20-7-4-8-21(29-20)32-19-10-25(2,3)35-14-18(19)17-12-27-23(30-22(17)32)28-16-6-5-9-26-11-16;1-2-4-5-3-1;1-5-3-2-4/h4-9,11-12,15,18-19H,10,13-14H2,1-3H3,(H,27,28,30);5H,1-4H2;5H,2-4H2,1H3/t15-,18?,19+;;/m0../s1. The molecule has 0 spiro atoms. The largest absolute Gasteiger partial charge is 0.447 e. The van der Waals surface area contributed by atoms with Crippen molar-refractivity contribution in [2.24, 2.45) is 5.73 Å². The maximum Gasteiger partial charge on any atom is 0.415 e. The molecule has 13 heteroatoms. The van der Waals surface area contributed by atoms with Crippen LogP contribution < -0.4 is 31.5 Å². The van der Waals surface area contributed by atoms with Crippen molar-refractivity contribution >= 4 is 35.2 Å². The van der Waals surface area contributed by atoms with Crippen LogP contribution in [0.3, 0.4) is 0 Å². The third kappa shape index (κ3) is 7.85. The minimum absolute atomic E-state index is 0.0801. The Kier molecular flexibility index (Phi) is 10.8. The minimum Gasteiger partial charge on any atom is -0.447 e. The van der Waals surface area contributed by atoms with Crippen molar-refractivity contribution in [3.05, 3.63) is 54.5 Å². The Morgan fingerprint density at radius 2 is 1.84 bits per heavy atom. The topological polar surface area (TPSA) is 156 Å². The molecule has 3 saturated heterocycles. The number of hydrogen-bond acceptors (Lipinski definition) is 12. The number of hydrogen-bond donors (Lipinski definition) is 4. The second kappa shape index (κ2) is 14.9. The number of nitrogens with two attached hydrogens (primary N) is 1. The van der Waals surface area contributed by atoms with Crippen LogP contribution in [0.4, 0.5) is 33.9 Å². The van der Waals surface area contributed by atoms with Crippen LogP contribution in [-0.4, -0.2) is 90.2 Å². The van der Waals surface area contributed by atoms with E-state index in [9.17, 15) is 4.79 Å². The summed E-state index contributed by atoms with van der Waals surface area (Å²) in [4.78, 5) is 34.7. The highest BCUT2D eigenvalue weighted by atomic mass is 16.6. The van der Waals surface area contributed by atoms with E-state index in [0.717, 1.165) is 42.4 Å². The SMILES string of the molecule is C1CCNC1.CNCCN.C[C@H]1COC(=O)N1c1cccc(N2c3nc(Nc4cccnc4)ncc3C3COC(C)(C)C[C@H]32)n1. The summed E-state index contributed by atoms with van der Waals surface area (Å²) in [6.45, 7) is 11.2. The van der Waals surface area contributed by atoms with Gasteiger partial charge in [0.05, 0.1) is 30.1 Å². The molecule has 3 aromatic heterocycles. The zero-order chi connectivity index (χ0) is 31.8. The van der Waals surface area contributed by atoms with Crippen LogP contribution in [-0.2, 0) is 9.47 Å². The number of nitrogens with zero attached hydrogens (tertiary/aromatic N) is 6. The molecule has 4 aliphatic heterocycles. The lowest BCUT2D eigenvalue weighted by molar-refractivity contribution is -0.0657. The summed E-state index contributed by atoms with van der Waals surface area (Å²) in [6.07, 6.45) is 8.53. The number of likely N-dealkylation sites (N-methyl/N-ethyl adjacent to an activating group) is 1. The summed E-state index contributed by atoms with van der Waals surface area (Å²) in [6, 6.07) is 9.51. The van der Waals surface area contributed by atoms with Gasteiger partial charge in [0.1, 0.15) is 24.1 Å². The predicted molar refractivity (Wildman–Crippen MR) is 175 cm³/mol. The quantitative estimate of drug-likeness (QED) is 0.318. The number of ether oxygens (including phenoxy) is 2. The molecular formula is C32H46N10O3. The van der Waals surface area contributed by atoms with Crippen molar-refractivity contribution in [1.29, 1.82) is 0 Å². The molecule has 0 aromatic carbocycles. The Labute approximate surface area is 265 Å². The van der Waals surface area contributed by atoms with Gasteiger partial charge in [0.2, 0.25) is 5.95 Å². The summed E-state index contributed by atoms with van der Waals surface area (Å²) >= 11 is 0. The van der Waals surface area contributed by atoms with Crippen LogP contribution in [0.1, 0.15) is 51.5 Å². The van der Waals surface area contributed by atoms with E-state index in [1.165, 1.54) is 25.9 Å². The van der Waals surface area contributed by atoms with Crippen LogP contribution in [0, 0.1) is 0 Å². The first-order valence-corrected chi connectivity index (χ1v) is 15.8. The summed E-state index contributed by atoms with van der Waals surface area (Å²) in [5.41, 5.74) is 6.63. The Bertz CT molecular complexity index is 1400. The summed E-state index contributed by atoms with van der Waals surface area (Å²) in [7, 11) is 1.88. The smallest absolute Gasteiger partial charge is 0.415 e. The molecule has 7 heterocycles. The van der Waals surface area contributed by atoms with E-state index < -0.39 is 0 Å². The molecule has 3 fully saturated rings. The molecule has 45 heavy (non-hydrogen) atoms. The highest BCUT2D eigenvalue weighted by Crippen LogP contribution is 2.49. The number of aromatic nitrogens is 4. The summed E-state index contributed by atoms with van der Waals surface area (Å²) < 4.78 is 11.4. The third-order valence-corrected chi connectivity index (χ3v) is 8.14. The first-order chi connectivity index (χ1) is 21.8. The number of pyridine rings is 2. The van der Waals surface area contributed by atoms with Crippen molar-refractivity contribution in [2.45, 2.75) is 63.6 Å². The second-order valence-corrected chi connectivity index (χ2v) is 12.2. The Morgan fingerprint density at radius 1 is 1.07 bits per heavy atom. The molecule has 4 aliphatic rings. The second-order valence-electron chi connectivity index (χ2n) is 12.2. The zero-order valence-corrected chi connectivity index (χ0v) is 26.7. The molecule has 7 rings (SSSR count). The molecule has 0 saturated carbocycles. The van der Waals surface area contributed by atoms with Gasteiger partial charge in [-0.05, 0) is 84.4 Å². The summed E-state index contributed by atoms with van der Waals surface area (Å²) in [5.74, 6) is 2.69. The summed E-state index contributed by atoms with van der Waals surface area (Å²) in [5, 5.41) is 9.35. The number of cyclic esters (lactones) is 1. The molecule has 3 aromatic rings. The molecule has 1 unspecified atom stereocenters. The first kappa shape index (κ1) is 32.5. The number of carbonyl (C=O) groups excluding carboxylic acids is 1. The maximum absolute atomic E-state index is 12.3. The number of carbonyl (C=O) groups is 1. The van der Waals surface area contributed by atoms with Gasteiger partial charge in [-0.15, -0.1) is 0 Å². The Balaban J connectivity index is 0.000000345. The van der Waals surface area contributed by atoms with Crippen LogP contribution >= 0.6 is 0 Å². The fourth-order valence-corrected chi connectivity index (χ4v) is 5.88. The van der Waals surface area contributed by atoms with Gasteiger partial charge in [-0.25, -0.2) is 14.8 Å². The number of rotatable bonds is 6. The minimum atomic E-state index is -0.376. The lowest BCUT2D eigenvalue weighted by atomic mass is 9.85. The van der Waals surface area contributed by atoms with Crippen molar-refractivity contribution in [2.75, 3.05) is 61.6 Å². The van der Waals surface area contributed by atoms with E-state index in [0.29, 0.717) is 25.0 Å². The Morgan fingerprint density at radius 3 is 2.44 bits per heavy atom. The van der Waals surface area contributed by atoms with Crippen LogP contribution in [0.2, 0.25) is 0 Å². The van der Waals surface area contributed by atoms with Gasteiger partial charge in [-0.1, -0.05) is 6.07 Å². The van der Waals surface area contributed by atoms with E-state index in [2.05, 4.69) is 44.7 Å². The van der Waals surface area contributed by atoms with Crippen molar-refractivity contribution in [3.63, 3.8) is 0 Å².